The summed E-state index contributed by atoms with van der Waals surface area (Å²) in [6.45, 7) is 12.1. The molecule has 0 aliphatic rings. The van der Waals surface area contributed by atoms with E-state index in [0.29, 0.717) is 12.5 Å². The van der Waals surface area contributed by atoms with E-state index < -0.39 is 0 Å². The van der Waals surface area contributed by atoms with Gasteiger partial charge in [-0.25, -0.2) is 0 Å². The monoisotopic (exact) mass is 259 g/mol. The summed E-state index contributed by atoms with van der Waals surface area (Å²) < 4.78 is 0. The van der Waals surface area contributed by atoms with Crippen molar-refractivity contribution in [3.8, 4) is 0 Å². The number of rotatable bonds is 11. The van der Waals surface area contributed by atoms with Crippen LogP contribution in [0.25, 0.3) is 0 Å². The first kappa shape index (κ1) is 17.8. The van der Waals surface area contributed by atoms with Gasteiger partial charge in [0.05, 0.1) is 6.10 Å². The molecule has 0 spiro atoms. The first-order chi connectivity index (χ1) is 8.45. The maximum Gasteiger partial charge on any atom is 0.0791 e. The molecule has 2 N–H and O–H groups in total. The Labute approximate surface area is 113 Å². The van der Waals surface area contributed by atoms with Gasteiger partial charge in [-0.05, 0) is 52.6 Å². The average molecular weight is 259 g/mol. The van der Waals surface area contributed by atoms with Crippen LogP contribution < -0.4 is 5.32 Å². The molecule has 110 valence electrons. The van der Waals surface area contributed by atoms with E-state index in [-0.39, 0.29) is 6.10 Å². The van der Waals surface area contributed by atoms with Crippen LogP contribution in [0, 0.1) is 5.92 Å². The van der Waals surface area contributed by atoms with Crippen LogP contribution in [0.3, 0.4) is 0 Å². The van der Waals surface area contributed by atoms with Gasteiger partial charge in [-0.2, -0.15) is 0 Å². The maximum absolute atomic E-state index is 9.96. The molecule has 0 aromatic carbocycles. The van der Waals surface area contributed by atoms with E-state index in [9.17, 15) is 5.11 Å². The highest BCUT2D eigenvalue weighted by Crippen LogP contribution is 1.96. The van der Waals surface area contributed by atoms with Crippen molar-refractivity contribution in [2.75, 3.05) is 53.4 Å². The topological polar surface area (TPSA) is 38.7 Å². The predicted molar refractivity (Wildman–Crippen MR) is 79.0 cm³/mol. The van der Waals surface area contributed by atoms with Crippen LogP contribution >= 0.6 is 0 Å². The first-order valence-electron chi connectivity index (χ1n) is 7.21. The second-order valence-corrected chi connectivity index (χ2v) is 5.76. The lowest BCUT2D eigenvalue weighted by atomic mass is 10.2. The molecule has 0 heterocycles. The Hall–Kier alpha value is -0.160. The zero-order valence-corrected chi connectivity index (χ0v) is 12.9. The molecule has 1 unspecified atom stereocenters. The van der Waals surface area contributed by atoms with E-state index >= 15 is 0 Å². The highest BCUT2D eigenvalue weighted by Gasteiger charge is 2.10. The molecule has 0 amide bonds. The van der Waals surface area contributed by atoms with Gasteiger partial charge >= 0.3 is 0 Å². The third-order valence-corrected chi connectivity index (χ3v) is 2.93. The first-order valence-corrected chi connectivity index (χ1v) is 7.21. The third kappa shape index (κ3) is 11.0. The Morgan fingerprint density at radius 1 is 1.11 bits per heavy atom. The molecular weight excluding hydrogens is 226 g/mol. The molecule has 0 aliphatic heterocycles. The Balaban J connectivity index is 3.68. The van der Waals surface area contributed by atoms with Crippen LogP contribution in [0.4, 0.5) is 0 Å². The van der Waals surface area contributed by atoms with Gasteiger partial charge in [-0.15, -0.1) is 0 Å². The van der Waals surface area contributed by atoms with Crippen molar-refractivity contribution in [1.82, 2.24) is 15.1 Å². The summed E-state index contributed by atoms with van der Waals surface area (Å²) in [6.07, 6.45) is 0.899. The molecule has 0 aromatic heterocycles. The van der Waals surface area contributed by atoms with Gasteiger partial charge in [0.15, 0.2) is 0 Å². The van der Waals surface area contributed by atoms with E-state index in [1.807, 2.05) is 0 Å². The van der Waals surface area contributed by atoms with E-state index in [2.05, 4.69) is 50.0 Å². The van der Waals surface area contributed by atoms with E-state index in [4.69, 9.17) is 0 Å². The van der Waals surface area contributed by atoms with Crippen LogP contribution in [0.2, 0.25) is 0 Å². The molecule has 0 fully saturated rings. The van der Waals surface area contributed by atoms with Crippen LogP contribution in [0.1, 0.15) is 27.2 Å². The summed E-state index contributed by atoms with van der Waals surface area (Å²) in [5.74, 6) is 0.638. The van der Waals surface area contributed by atoms with Crippen molar-refractivity contribution in [1.29, 1.82) is 0 Å². The maximum atomic E-state index is 9.96. The van der Waals surface area contributed by atoms with Crippen molar-refractivity contribution >= 4 is 0 Å². The number of aliphatic hydroxyl groups excluding tert-OH is 1. The molecule has 0 bridgehead atoms. The fourth-order valence-corrected chi connectivity index (χ4v) is 1.89. The van der Waals surface area contributed by atoms with Gasteiger partial charge in [-0.1, -0.05) is 20.8 Å². The number of nitrogens with one attached hydrogen (secondary N) is 1. The normalized spacial score (nSPS) is 13.8. The Morgan fingerprint density at radius 3 is 2.28 bits per heavy atom. The van der Waals surface area contributed by atoms with Crippen molar-refractivity contribution in [3.05, 3.63) is 0 Å². The van der Waals surface area contributed by atoms with Gasteiger partial charge < -0.3 is 20.2 Å². The van der Waals surface area contributed by atoms with Crippen LogP contribution in [-0.2, 0) is 0 Å². The quantitative estimate of drug-likeness (QED) is 0.577. The van der Waals surface area contributed by atoms with Crippen LogP contribution in [0.15, 0.2) is 0 Å². The molecule has 1 atom stereocenters. The smallest absolute Gasteiger partial charge is 0.0791 e. The molecule has 0 radical (unpaired) electrons. The average Bonchev–Trinajstić information content (AvgIpc) is 2.26. The summed E-state index contributed by atoms with van der Waals surface area (Å²) in [7, 11) is 4.20. The van der Waals surface area contributed by atoms with Gasteiger partial charge in [0.2, 0.25) is 0 Å². The summed E-state index contributed by atoms with van der Waals surface area (Å²) in [5, 5.41) is 13.3. The minimum atomic E-state index is -0.261. The predicted octanol–water partition coefficient (Wildman–Crippen LogP) is 0.867. The van der Waals surface area contributed by atoms with Crippen LogP contribution in [-0.4, -0.2) is 74.4 Å². The molecular formula is C14H33N3O. The van der Waals surface area contributed by atoms with E-state index in [1.165, 1.54) is 0 Å². The molecule has 4 nitrogen and oxygen atoms in total. The fraction of sp³-hybridized carbons (Fsp3) is 1.00. The van der Waals surface area contributed by atoms with Crippen molar-refractivity contribution in [3.63, 3.8) is 0 Å². The largest absolute Gasteiger partial charge is 0.390 e. The van der Waals surface area contributed by atoms with E-state index in [0.717, 1.165) is 39.1 Å². The second kappa shape index (κ2) is 10.7. The SMILES string of the molecule is CCN(CCCN(C)C)CC(O)CNCC(C)C. The zero-order chi connectivity index (χ0) is 14.0. The Kier molecular flexibility index (Phi) is 10.6. The standard InChI is InChI=1S/C14H33N3O/c1-6-17(9-7-8-16(4)5)12-14(18)11-15-10-13(2)3/h13-15,18H,6-12H2,1-5H3. The minimum absolute atomic E-state index is 0.261. The lowest BCUT2D eigenvalue weighted by Crippen LogP contribution is -2.40. The van der Waals surface area contributed by atoms with Gasteiger partial charge in [0.25, 0.3) is 0 Å². The van der Waals surface area contributed by atoms with Gasteiger partial charge in [0, 0.05) is 13.1 Å². The number of hydrogen-bond donors (Lipinski definition) is 2. The lowest BCUT2D eigenvalue weighted by molar-refractivity contribution is 0.111. The second-order valence-electron chi connectivity index (χ2n) is 5.76. The van der Waals surface area contributed by atoms with Crippen molar-refractivity contribution in [2.24, 2.45) is 5.92 Å². The Bertz CT molecular complexity index is 186. The third-order valence-electron chi connectivity index (χ3n) is 2.93. The zero-order valence-electron chi connectivity index (χ0n) is 12.9. The van der Waals surface area contributed by atoms with Crippen molar-refractivity contribution in [2.45, 2.75) is 33.3 Å². The summed E-state index contributed by atoms with van der Waals surface area (Å²) in [5.41, 5.74) is 0. The molecule has 0 aliphatic carbocycles. The van der Waals surface area contributed by atoms with Crippen molar-refractivity contribution < 1.29 is 5.11 Å². The molecule has 4 heteroatoms. The van der Waals surface area contributed by atoms with Gasteiger partial charge in [0.1, 0.15) is 0 Å². The molecule has 0 saturated heterocycles. The van der Waals surface area contributed by atoms with Gasteiger partial charge in [-0.3, -0.25) is 0 Å². The molecule has 0 rings (SSSR count). The summed E-state index contributed by atoms with van der Waals surface area (Å²) in [4.78, 5) is 4.53. The summed E-state index contributed by atoms with van der Waals surface area (Å²) >= 11 is 0. The van der Waals surface area contributed by atoms with E-state index in [1.54, 1.807) is 0 Å². The highest BCUT2D eigenvalue weighted by molar-refractivity contribution is 4.67. The fourth-order valence-electron chi connectivity index (χ4n) is 1.89. The number of aliphatic hydroxyl groups is 1. The van der Waals surface area contributed by atoms with Crippen LogP contribution in [0.5, 0.6) is 0 Å². The minimum Gasteiger partial charge on any atom is -0.390 e. The number of nitrogens with zero attached hydrogens (tertiary/aromatic N) is 2. The highest BCUT2D eigenvalue weighted by atomic mass is 16.3. The molecule has 0 saturated carbocycles. The summed E-state index contributed by atoms with van der Waals surface area (Å²) in [6, 6.07) is 0. The number of likely N-dealkylation sites (N-methyl/N-ethyl adjacent to an activating group) is 1. The lowest BCUT2D eigenvalue weighted by Gasteiger charge is -2.24. The Morgan fingerprint density at radius 2 is 1.78 bits per heavy atom. The number of hydrogen-bond acceptors (Lipinski definition) is 4. The molecule has 18 heavy (non-hydrogen) atoms. The molecule has 0 aromatic rings.